The van der Waals surface area contributed by atoms with Crippen molar-refractivity contribution < 1.29 is 28.3 Å². The Hall–Kier alpha value is -3.57. The quantitative estimate of drug-likeness (QED) is 0.204. The van der Waals surface area contributed by atoms with Crippen molar-refractivity contribution in [3.63, 3.8) is 0 Å². The predicted octanol–water partition coefficient (Wildman–Crippen LogP) is 7.29. The second-order valence-electron chi connectivity index (χ2n) is 15.2. The summed E-state index contributed by atoms with van der Waals surface area (Å²) in [4.78, 5) is 47.0. The van der Waals surface area contributed by atoms with Gasteiger partial charge >= 0.3 is 0 Å². The number of fused-ring (bicyclic) bond motifs is 3. The molecule has 3 aromatic rings. The third-order valence-corrected chi connectivity index (χ3v) is 14.3. The number of benzene rings is 3. The molecule has 8 nitrogen and oxygen atoms in total. The average molecular weight is 732 g/mol. The number of anilines is 2. The van der Waals surface area contributed by atoms with Crippen LogP contribution in [0, 0.1) is 5.92 Å². The summed E-state index contributed by atoms with van der Waals surface area (Å²) in [5.41, 5.74) is 2.91. The van der Waals surface area contributed by atoms with E-state index in [1.807, 2.05) is 66.4 Å². The van der Waals surface area contributed by atoms with Gasteiger partial charge in [0.1, 0.15) is 0 Å². The highest BCUT2D eigenvalue weighted by molar-refractivity contribution is 6.72. The zero-order valence-corrected chi connectivity index (χ0v) is 31.4. The van der Waals surface area contributed by atoms with Crippen molar-refractivity contribution in [2.45, 2.75) is 101 Å². The number of halogens is 2. The molecule has 51 heavy (non-hydrogen) atoms. The lowest BCUT2D eigenvalue weighted by atomic mass is 9.82. The van der Waals surface area contributed by atoms with Gasteiger partial charge in [0.25, 0.3) is 5.91 Å². The molecule has 4 aliphatic rings. The van der Waals surface area contributed by atoms with E-state index >= 15 is 4.11 Å². The van der Waals surface area contributed by atoms with Crippen LogP contribution in [0.25, 0.3) is 0 Å². The maximum absolute atomic E-state index is 16.5. The fourth-order valence-electron chi connectivity index (χ4n) is 9.10. The van der Waals surface area contributed by atoms with Gasteiger partial charge in [0.05, 0.1) is 37.4 Å². The number of ether oxygens (including phenoxy) is 1. The molecule has 1 spiro atoms. The molecule has 270 valence electrons. The largest absolute Gasteiger partial charge is 0.394 e. The highest BCUT2D eigenvalue weighted by atomic mass is 35.5. The molecule has 0 unspecified atom stereocenters. The van der Waals surface area contributed by atoms with Crippen molar-refractivity contribution in [3.05, 3.63) is 94.0 Å². The summed E-state index contributed by atoms with van der Waals surface area (Å²) in [6, 6.07) is 20.6. The van der Waals surface area contributed by atoms with Gasteiger partial charge in [-0.05, 0) is 79.4 Å². The van der Waals surface area contributed by atoms with Gasteiger partial charge in [0, 0.05) is 47.2 Å². The summed E-state index contributed by atoms with van der Waals surface area (Å²) in [6.45, 7) is 6.22. The van der Waals surface area contributed by atoms with Crippen molar-refractivity contribution in [2.75, 3.05) is 23.0 Å². The van der Waals surface area contributed by atoms with Crippen molar-refractivity contribution in [3.8, 4) is 0 Å². The minimum atomic E-state index is -3.52. The van der Waals surface area contributed by atoms with Gasteiger partial charge in [0.15, 0.2) is 5.60 Å². The summed E-state index contributed by atoms with van der Waals surface area (Å²) in [7, 11) is -3.52. The van der Waals surface area contributed by atoms with E-state index in [9.17, 15) is 19.5 Å². The first-order valence-corrected chi connectivity index (χ1v) is 21.6. The summed E-state index contributed by atoms with van der Waals surface area (Å²) in [6.07, 6.45) is 4.20. The van der Waals surface area contributed by atoms with E-state index < -0.39 is 37.6 Å². The van der Waals surface area contributed by atoms with E-state index in [2.05, 4.69) is 0 Å². The highest BCUT2D eigenvalue weighted by Crippen LogP contribution is 2.60. The zero-order chi connectivity index (χ0) is 36.1. The number of rotatable bonds is 7. The zero-order valence-electron chi connectivity index (χ0n) is 29.6. The first-order chi connectivity index (χ1) is 24.4. The lowest BCUT2D eigenvalue weighted by Gasteiger charge is -2.37. The SMILES string of the molecule is C[C@@H]1[C@@H]([Si](C)(C)F)[C@H](CC(=O)N2Cc3ccccc3C[C@H]2CO)O[C@@]12C(=O)N(Cc1ccc(N3CCCCCCC3=O)cc1)c1ccc(Cl)cc12. The summed E-state index contributed by atoms with van der Waals surface area (Å²) >= 11 is 6.57. The topological polar surface area (TPSA) is 90.4 Å². The molecule has 5 atom stereocenters. The Morgan fingerprint density at radius 2 is 1.75 bits per heavy atom. The number of amides is 3. The second kappa shape index (κ2) is 14.1. The fraction of sp³-hybridized carbons (Fsp3) is 0.475. The number of hydrogen-bond acceptors (Lipinski definition) is 5. The number of nitrogens with zero attached hydrogens (tertiary/aromatic N) is 3. The fourth-order valence-corrected chi connectivity index (χ4v) is 11.8. The first-order valence-electron chi connectivity index (χ1n) is 18.3. The number of hydrogen-bond donors (Lipinski definition) is 1. The van der Waals surface area contributed by atoms with Crippen molar-refractivity contribution in [1.29, 1.82) is 0 Å². The Balaban J connectivity index is 1.17. The molecule has 3 aromatic carbocycles. The van der Waals surface area contributed by atoms with Gasteiger partial charge in [-0.25, -0.2) is 0 Å². The maximum atomic E-state index is 16.5. The lowest BCUT2D eigenvalue weighted by Crippen LogP contribution is -2.48. The molecular formula is C40H47ClFN3O5Si. The Labute approximate surface area is 305 Å². The highest BCUT2D eigenvalue weighted by Gasteiger charge is 2.67. The van der Waals surface area contributed by atoms with E-state index in [4.69, 9.17) is 16.3 Å². The normalized spacial score (nSPS) is 26.7. The monoisotopic (exact) mass is 731 g/mol. The molecule has 0 aromatic heterocycles. The Morgan fingerprint density at radius 1 is 1.02 bits per heavy atom. The van der Waals surface area contributed by atoms with E-state index in [1.54, 1.807) is 35.0 Å². The molecule has 11 heteroatoms. The van der Waals surface area contributed by atoms with Gasteiger partial charge in [-0.1, -0.05) is 67.8 Å². The standard InChI is InChI=1S/C40H47ClFN3O5Si/c1-26-38(51(2,3)42)35(22-37(48)44-24-29-11-8-7-10-28(29)20-32(44)25-46)50-40(26)33-21-30(41)15-18-34(33)45(39(40)49)23-27-13-16-31(17-14-27)43-19-9-5-4-6-12-36(43)47/h7-8,10-11,13-18,21,26,32,35,38,46H,4-6,9,12,19-20,22-25H2,1-3H3/t26-,32+,35+,38-,40+/m1/s1. The van der Waals surface area contributed by atoms with E-state index in [1.165, 1.54) is 0 Å². The third kappa shape index (κ3) is 6.53. The van der Waals surface area contributed by atoms with E-state index in [0.29, 0.717) is 42.2 Å². The van der Waals surface area contributed by atoms with Crippen LogP contribution in [0.4, 0.5) is 15.5 Å². The Morgan fingerprint density at radius 3 is 2.47 bits per heavy atom. The molecule has 0 bridgehead atoms. The molecule has 3 amide bonds. The van der Waals surface area contributed by atoms with Crippen LogP contribution in [0.2, 0.25) is 23.7 Å². The average Bonchev–Trinajstić information content (AvgIpc) is 3.52. The van der Waals surface area contributed by atoms with Crippen LogP contribution in [0.15, 0.2) is 66.7 Å². The van der Waals surface area contributed by atoms with Gasteiger partial charge in [-0.15, -0.1) is 0 Å². The molecule has 7 rings (SSSR count). The van der Waals surface area contributed by atoms with Crippen LogP contribution in [0.1, 0.15) is 67.7 Å². The Bertz CT molecular complexity index is 1820. The minimum absolute atomic E-state index is 0.102. The number of aliphatic hydroxyl groups is 1. The van der Waals surface area contributed by atoms with Gasteiger partial charge < -0.3 is 28.7 Å². The molecular weight excluding hydrogens is 685 g/mol. The molecule has 0 saturated carbocycles. The predicted molar refractivity (Wildman–Crippen MR) is 199 cm³/mol. The van der Waals surface area contributed by atoms with Crippen molar-refractivity contribution in [2.24, 2.45) is 5.92 Å². The van der Waals surface area contributed by atoms with E-state index in [-0.39, 0.29) is 37.3 Å². The number of aliphatic hydroxyl groups excluding tert-OH is 1. The van der Waals surface area contributed by atoms with Gasteiger partial charge in [-0.3, -0.25) is 14.4 Å². The Kier molecular flexibility index (Phi) is 9.90. The molecule has 2 fully saturated rings. The van der Waals surface area contributed by atoms with Crippen LogP contribution >= 0.6 is 11.6 Å². The smallest absolute Gasteiger partial charge is 0.264 e. The molecule has 0 aliphatic carbocycles. The maximum Gasteiger partial charge on any atom is 0.264 e. The van der Waals surface area contributed by atoms with Gasteiger partial charge in [-0.2, -0.15) is 0 Å². The lowest BCUT2D eigenvalue weighted by molar-refractivity contribution is -0.151. The van der Waals surface area contributed by atoms with Crippen LogP contribution in [0.3, 0.4) is 0 Å². The van der Waals surface area contributed by atoms with Crippen LogP contribution in [0.5, 0.6) is 0 Å². The minimum Gasteiger partial charge on any atom is -0.394 e. The first kappa shape index (κ1) is 35.8. The second-order valence-corrected chi connectivity index (χ2v) is 19.5. The summed E-state index contributed by atoms with van der Waals surface area (Å²) in [5.74, 6) is -0.967. The molecule has 4 heterocycles. The van der Waals surface area contributed by atoms with E-state index in [0.717, 1.165) is 48.1 Å². The molecule has 4 aliphatic heterocycles. The van der Waals surface area contributed by atoms with Crippen LogP contribution < -0.4 is 9.80 Å². The molecule has 1 N–H and O–H groups in total. The van der Waals surface area contributed by atoms with Crippen molar-refractivity contribution in [1.82, 2.24) is 4.90 Å². The number of carbonyl (C=O) groups is 3. The molecule has 2 saturated heterocycles. The van der Waals surface area contributed by atoms with Gasteiger partial charge in [0.2, 0.25) is 20.2 Å². The van der Waals surface area contributed by atoms with Crippen LogP contribution in [-0.4, -0.2) is 61.4 Å². The summed E-state index contributed by atoms with van der Waals surface area (Å²) < 4.78 is 23.3. The third-order valence-electron chi connectivity index (χ3n) is 11.6. The molecule has 0 radical (unpaired) electrons. The van der Waals surface area contributed by atoms with Crippen molar-refractivity contribution >= 4 is 49.1 Å². The van der Waals surface area contributed by atoms with Crippen LogP contribution in [-0.2, 0) is 44.2 Å². The number of carbonyl (C=O) groups excluding carboxylic acids is 3. The summed E-state index contributed by atoms with van der Waals surface area (Å²) in [5, 5.41) is 10.7.